The van der Waals surface area contributed by atoms with Crippen LogP contribution in [0.15, 0.2) is 47.5 Å². The average molecular weight is 306 g/mol. The van der Waals surface area contributed by atoms with Crippen LogP contribution in [0.3, 0.4) is 0 Å². The number of allylic oxidation sites excluding steroid dienone is 6. The van der Waals surface area contributed by atoms with Gasteiger partial charge in [0, 0.05) is 23.1 Å². The number of fused-ring (bicyclic) bond motifs is 1. The highest BCUT2D eigenvalue weighted by atomic mass is 35.5. The zero-order chi connectivity index (χ0) is 14.8. The number of benzene rings is 1. The normalized spacial score (nSPS) is 24.0. The molecule has 0 radical (unpaired) electrons. The fraction of sp³-hybridized carbons (Fsp3) is 0.294. The van der Waals surface area contributed by atoms with Crippen LogP contribution in [0.1, 0.15) is 23.5 Å². The summed E-state index contributed by atoms with van der Waals surface area (Å²) in [7, 11) is 0. The lowest BCUT2D eigenvalue weighted by atomic mass is 9.91. The third-order valence-corrected chi connectivity index (χ3v) is 4.08. The highest BCUT2D eigenvalue weighted by Gasteiger charge is 2.25. The molecule has 1 aliphatic heterocycles. The number of nitrogens with two attached hydrogens (primary N) is 1. The smallest absolute Gasteiger partial charge is 0.127 e. The molecular weight excluding hydrogens is 289 g/mol. The fourth-order valence-corrected chi connectivity index (χ4v) is 2.97. The highest BCUT2D eigenvalue weighted by Crippen LogP contribution is 2.38. The lowest BCUT2D eigenvalue weighted by Crippen LogP contribution is -2.31. The summed E-state index contributed by atoms with van der Waals surface area (Å²) in [6.45, 7) is 0.467. The van der Waals surface area contributed by atoms with Gasteiger partial charge in [0.25, 0.3) is 0 Å². The van der Waals surface area contributed by atoms with Gasteiger partial charge < -0.3 is 10.5 Å². The molecule has 2 nitrogen and oxygen atoms in total. The van der Waals surface area contributed by atoms with Gasteiger partial charge >= 0.3 is 0 Å². The number of halogens is 2. The average Bonchev–Trinajstić information content (AvgIpc) is 2.70. The van der Waals surface area contributed by atoms with Crippen molar-refractivity contribution in [3.05, 3.63) is 64.5 Å². The van der Waals surface area contributed by atoms with E-state index in [0.717, 1.165) is 29.7 Å². The van der Waals surface area contributed by atoms with Crippen LogP contribution < -0.4 is 10.5 Å². The molecule has 0 spiro atoms. The van der Waals surface area contributed by atoms with E-state index in [1.54, 1.807) is 6.07 Å². The Hall–Kier alpha value is -1.58. The molecule has 2 aliphatic rings. The molecule has 4 heteroatoms. The van der Waals surface area contributed by atoms with Crippen molar-refractivity contribution in [2.75, 3.05) is 6.54 Å². The van der Waals surface area contributed by atoms with E-state index in [1.165, 1.54) is 6.07 Å². The molecule has 2 N–H and O–H groups in total. The summed E-state index contributed by atoms with van der Waals surface area (Å²) in [4.78, 5) is 0. The molecule has 2 atom stereocenters. The summed E-state index contributed by atoms with van der Waals surface area (Å²) in [5.41, 5.74) is 7.42. The molecule has 3 rings (SSSR count). The molecule has 110 valence electrons. The molecule has 0 bridgehead atoms. The van der Waals surface area contributed by atoms with Gasteiger partial charge in [-0.3, -0.25) is 0 Å². The van der Waals surface area contributed by atoms with Crippen molar-refractivity contribution in [1.29, 1.82) is 0 Å². The molecule has 0 amide bonds. The summed E-state index contributed by atoms with van der Waals surface area (Å²) < 4.78 is 19.9. The maximum absolute atomic E-state index is 13.9. The van der Waals surface area contributed by atoms with Gasteiger partial charge in [0.15, 0.2) is 0 Å². The van der Waals surface area contributed by atoms with E-state index in [1.807, 2.05) is 30.4 Å². The van der Waals surface area contributed by atoms with E-state index < -0.39 is 0 Å². The minimum absolute atomic E-state index is 0.00551. The Labute approximate surface area is 128 Å². The summed E-state index contributed by atoms with van der Waals surface area (Å²) in [6.07, 6.45) is 11.1. The first-order chi connectivity index (χ1) is 10.2. The van der Waals surface area contributed by atoms with E-state index >= 15 is 0 Å². The Morgan fingerprint density at radius 1 is 1.33 bits per heavy atom. The Bertz CT molecular complexity index is 636. The van der Waals surface area contributed by atoms with Crippen molar-refractivity contribution in [2.24, 2.45) is 5.73 Å². The topological polar surface area (TPSA) is 35.2 Å². The van der Waals surface area contributed by atoms with Gasteiger partial charge in [-0.25, -0.2) is 4.39 Å². The second kappa shape index (κ2) is 6.04. The summed E-state index contributed by atoms with van der Waals surface area (Å²) in [5.74, 6) is 0.414. The SMILES string of the molecule is NCC1CCc2cc(F)cc(C3C=CC=CC(Cl)=C3)c2O1. The maximum Gasteiger partial charge on any atom is 0.127 e. The van der Waals surface area contributed by atoms with Crippen molar-refractivity contribution < 1.29 is 9.13 Å². The summed E-state index contributed by atoms with van der Waals surface area (Å²) in [6, 6.07) is 3.08. The maximum atomic E-state index is 13.9. The van der Waals surface area contributed by atoms with Crippen molar-refractivity contribution >= 4 is 11.6 Å². The first-order valence-corrected chi connectivity index (χ1v) is 7.46. The molecule has 1 aromatic rings. The van der Waals surface area contributed by atoms with Crippen molar-refractivity contribution in [3.8, 4) is 5.75 Å². The van der Waals surface area contributed by atoms with Crippen LogP contribution >= 0.6 is 11.6 Å². The molecule has 0 saturated heterocycles. The van der Waals surface area contributed by atoms with E-state index in [9.17, 15) is 4.39 Å². The Morgan fingerprint density at radius 2 is 2.19 bits per heavy atom. The predicted molar refractivity (Wildman–Crippen MR) is 83.1 cm³/mol. The first-order valence-electron chi connectivity index (χ1n) is 7.08. The van der Waals surface area contributed by atoms with Crippen LogP contribution in [-0.4, -0.2) is 12.6 Å². The number of hydrogen-bond donors (Lipinski definition) is 1. The monoisotopic (exact) mass is 305 g/mol. The molecule has 0 aromatic heterocycles. The molecule has 2 unspecified atom stereocenters. The van der Waals surface area contributed by atoms with Crippen LogP contribution in [-0.2, 0) is 6.42 Å². The second-order valence-electron chi connectivity index (χ2n) is 5.32. The molecule has 1 heterocycles. The lowest BCUT2D eigenvalue weighted by Gasteiger charge is -2.28. The Balaban J connectivity index is 2.06. The molecule has 1 aromatic carbocycles. The van der Waals surface area contributed by atoms with Gasteiger partial charge in [-0.15, -0.1) is 0 Å². The minimum Gasteiger partial charge on any atom is -0.488 e. The summed E-state index contributed by atoms with van der Waals surface area (Å²) in [5, 5.41) is 0.634. The number of aryl methyl sites for hydroxylation is 1. The van der Waals surface area contributed by atoms with Crippen LogP contribution in [0.25, 0.3) is 0 Å². The largest absolute Gasteiger partial charge is 0.488 e. The summed E-state index contributed by atoms with van der Waals surface area (Å²) >= 11 is 6.12. The zero-order valence-corrected chi connectivity index (χ0v) is 12.3. The van der Waals surface area contributed by atoms with Gasteiger partial charge in [0.2, 0.25) is 0 Å². The van der Waals surface area contributed by atoms with Gasteiger partial charge in [-0.05, 0) is 36.6 Å². The Morgan fingerprint density at radius 3 is 3.00 bits per heavy atom. The molecule has 21 heavy (non-hydrogen) atoms. The van der Waals surface area contributed by atoms with Crippen molar-refractivity contribution in [2.45, 2.75) is 24.9 Å². The molecule has 0 saturated carbocycles. The van der Waals surface area contributed by atoms with Crippen LogP contribution in [0, 0.1) is 5.82 Å². The Kier molecular flexibility index (Phi) is 4.13. The van der Waals surface area contributed by atoms with Crippen LogP contribution in [0.4, 0.5) is 4.39 Å². The lowest BCUT2D eigenvalue weighted by molar-refractivity contribution is 0.179. The number of rotatable bonds is 2. The molecule has 1 aliphatic carbocycles. The first kappa shape index (κ1) is 14.4. The number of ether oxygens (including phenoxy) is 1. The van der Waals surface area contributed by atoms with Crippen molar-refractivity contribution in [1.82, 2.24) is 0 Å². The third-order valence-electron chi connectivity index (χ3n) is 3.83. The second-order valence-corrected chi connectivity index (χ2v) is 5.76. The van der Waals surface area contributed by atoms with Gasteiger partial charge in [-0.2, -0.15) is 0 Å². The fourth-order valence-electron chi connectivity index (χ4n) is 2.77. The van der Waals surface area contributed by atoms with E-state index in [2.05, 4.69) is 0 Å². The molecule has 0 fully saturated rings. The predicted octanol–water partition coefficient (Wildman–Crippen LogP) is 3.81. The van der Waals surface area contributed by atoms with Gasteiger partial charge in [0.1, 0.15) is 17.7 Å². The number of hydrogen-bond acceptors (Lipinski definition) is 2. The zero-order valence-electron chi connectivity index (χ0n) is 11.6. The third kappa shape index (κ3) is 3.04. The van der Waals surface area contributed by atoms with Crippen LogP contribution in [0.2, 0.25) is 0 Å². The van der Waals surface area contributed by atoms with E-state index in [4.69, 9.17) is 22.1 Å². The highest BCUT2D eigenvalue weighted by molar-refractivity contribution is 6.31. The standard InChI is InChI=1S/C17H17ClFNO/c18-13-4-2-1-3-11(7-13)16-9-14(19)8-12-5-6-15(10-20)21-17(12)16/h1-4,7-9,11,15H,5-6,10,20H2. The minimum atomic E-state index is -0.242. The quantitative estimate of drug-likeness (QED) is 0.902. The van der Waals surface area contributed by atoms with E-state index in [0.29, 0.717) is 11.6 Å². The van der Waals surface area contributed by atoms with E-state index in [-0.39, 0.29) is 17.8 Å². The van der Waals surface area contributed by atoms with Crippen LogP contribution in [0.5, 0.6) is 5.75 Å². The van der Waals surface area contributed by atoms with Crippen molar-refractivity contribution in [3.63, 3.8) is 0 Å². The van der Waals surface area contributed by atoms with Gasteiger partial charge in [-0.1, -0.05) is 35.9 Å². The molecular formula is C17H17ClFNO. The van der Waals surface area contributed by atoms with Gasteiger partial charge in [0.05, 0.1) is 0 Å².